The van der Waals surface area contributed by atoms with Crippen molar-refractivity contribution in [2.24, 2.45) is 11.0 Å². The maximum atomic E-state index is 13.3. The third kappa shape index (κ3) is 5.28. The summed E-state index contributed by atoms with van der Waals surface area (Å²) in [7, 11) is 0. The molecule has 1 amide bonds. The molecule has 4 aliphatic rings. The first-order chi connectivity index (χ1) is 18.4. The largest absolute Gasteiger partial charge is 0.353 e. The van der Waals surface area contributed by atoms with Crippen LogP contribution in [0.1, 0.15) is 29.8 Å². The van der Waals surface area contributed by atoms with Crippen molar-refractivity contribution in [3.05, 3.63) is 64.6 Å². The van der Waals surface area contributed by atoms with Gasteiger partial charge in [0.05, 0.1) is 11.9 Å². The first kappa shape index (κ1) is 25.6. The summed E-state index contributed by atoms with van der Waals surface area (Å²) < 4.78 is 2.38. The van der Waals surface area contributed by atoms with Crippen LogP contribution in [-0.2, 0) is 11.3 Å². The molecule has 1 atom stereocenters. The lowest BCUT2D eigenvalue weighted by molar-refractivity contribution is -0.138. The van der Waals surface area contributed by atoms with Crippen molar-refractivity contribution in [1.82, 2.24) is 29.6 Å². The Morgan fingerprint density at radius 3 is 2.32 bits per heavy atom. The predicted octanol–water partition coefficient (Wildman–Crippen LogP) is 3.82. The maximum absolute atomic E-state index is 13.3. The molecule has 2 fully saturated rings. The summed E-state index contributed by atoms with van der Waals surface area (Å²) in [6.07, 6.45) is 3.86. The second-order valence-corrected chi connectivity index (χ2v) is 12.1. The van der Waals surface area contributed by atoms with E-state index in [2.05, 4.69) is 56.8 Å². The van der Waals surface area contributed by atoms with Crippen LogP contribution in [0.15, 0.2) is 47.7 Å². The standard InChI is InChI=1S/C28H36ClN7OS/c1-20-3-4-21(2)35(20)18-15-32-13-16-33(17-14-32)26(37)23-9-11-34(12-10-23)28-31-36-19-25(30-27(36)38-28)22-5-7-24(29)8-6-22/h3-8,19,23,27,30H,9-18H2,1-2H3. The Labute approximate surface area is 234 Å². The Bertz CT molecular complexity index is 1210. The van der Waals surface area contributed by atoms with Crippen LogP contribution in [0.2, 0.25) is 5.02 Å². The fourth-order valence-electron chi connectivity index (χ4n) is 5.81. The average molecular weight is 554 g/mol. The number of halogens is 1. The molecule has 10 heteroatoms. The molecule has 0 radical (unpaired) electrons. The monoisotopic (exact) mass is 553 g/mol. The number of aryl methyl sites for hydroxylation is 2. The van der Waals surface area contributed by atoms with Crippen LogP contribution in [0.5, 0.6) is 0 Å². The highest BCUT2D eigenvalue weighted by atomic mass is 35.5. The molecule has 2 saturated heterocycles. The van der Waals surface area contributed by atoms with E-state index in [-0.39, 0.29) is 11.4 Å². The number of benzene rings is 1. The number of hydrogen-bond acceptors (Lipinski definition) is 7. The van der Waals surface area contributed by atoms with E-state index in [0.717, 1.165) is 86.7 Å². The van der Waals surface area contributed by atoms with Crippen molar-refractivity contribution >= 4 is 40.1 Å². The van der Waals surface area contributed by atoms with Gasteiger partial charge in [0.1, 0.15) is 0 Å². The van der Waals surface area contributed by atoms with E-state index in [0.29, 0.717) is 5.91 Å². The van der Waals surface area contributed by atoms with Gasteiger partial charge in [-0.15, -0.1) is 5.10 Å². The smallest absolute Gasteiger partial charge is 0.225 e. The van der Waals surface area contributed by atoms with Crippen LogP contribution in [0.25, 0.3) is 5.70 Å². The molecule has 38 heavy (non-hydrogen) atoms. The zero-order chi connectivity index (χ0) is 26.2. The van der Waals surface area contributed by atoms with Gasteiger partial charge in [0, 0.05) is 74.7 Å². The average Bonchev–Trinajstić information content (AvgIpc) is 3.61. The first-order valence-corrected chi connectivity index (χ1v) is 14.9. The molecule has 1 aromatic carbocycles. The molecule has 0 bridgehead atoms. The number of likely N-dealkylation sites (tertiary alicyclic amines) is 1. The summed E-state index contributed by atoms with van der Waals surface area (Å²) in [4.78, 5) is 20.2. The van der Waals surface area contributed by atoms with Crippen molar-refractivity contribution in [3.63, 3.8) is 0 Å². The molecule has 1 aromatic heterocycles. The Morgan fingerprint density at radius 1 is 0.974 bits per heavy atom. The van der Waals surface area contributed by atoms with Gasteiger partial charge in [-0.1, -0.05) is 23.7 Å². The molecule has 202 valence electrons. The lowest BCUT2D eigenvalue weighted by Crippen LogP contribution is -2.52. The highest BCUT2D eigenvalue weighted by Crippen LogP contribution is 2.35. The second-order valence-electron chi connectivity index (χ2n) is 10.6. The summed E-state index contributed by atoms with van der Waals surface area (Å²) in [5, 5.41) is 12.2. The van der Waals surface area contributed by atoms with Crippen molar-refractivity contribution in [2.45, 2.75) is 38.7 Å². The van der Waals surface area contributed by atoms with Gasteiger partial charge >= 0.3 is 0 Å². The highest BCUT2D eigenvalue weighted by Gasteiger charge is 2.37. The first-order valence-electron chi connectivity index (χ1n) is 13.6. The normalized spacial score (nSPS) is 22.4. The van der Waals surface area contributed by atoms with Crippen molar-refractivity contribution < 1.29 is 4.79 Å². The van der Waals surface area contributed by atoms with Crippen LogP contribution in [-0.4, -0.2) is 86.7 Å². The van der Waals surface area contributed by atoms with Gasteiger partial charge in [-0.25, -0.2) is 5.01 Å². The van der Waals surface area contributed by atoms with Gasteiger partial charge < -0.3 is 19.7 Å². The van der Waals surface area contributed by atoms with Crippen molar-refractivity contribution in [3.8, 4) is 0 Å². The number of nitrogens with zero attached hydrogens (tertiary/aromatic N) is 6. The number of rotatable bonds is 5. The molecule has 0 spiro atoms. The molecule has 8 nitrogen and oxygen atoms in total. The van der Waals surface area contributed by atoms with E-state index < -0.39 is 0 Å². The van der Waals surface area contributed by atoms with Gasteiger partial charge in [-0.2, -0.15) is 0 Å². The second kappa shape index (κ2) is 10.9. The van der Waals surface area contributed by atoms with Crippen molar-refractivity contribution in [1.29, 1.82) is 0 Å². The van der Waals surface area contributed by atoms with Crippen LogP contribution < -0.4 is 5.32 Å². The van der Waals surface area contributed by atoms with Gasteiger partial charge in [0.2, 0.25) is 5.91 Å². The number of thioether (sulfide) groups is 1. The molecular weight excluding hydrogens is 518 g/mol. The third-order valence-electron chi connectivity index (χ3n) is 8.21. The number of amides is 1. The lowest BCUT2D eigenvalue weighted by Gasteiger charge is -2.39. The molecule has 2 aromatic rings. The molecular formula is C28H36ClN7OS. The molecule has 5 heterocycles. The number of hydrogen-bond donors (Lipinski definition) is 1. The third-order valence-corrected chi connectivity index (χ3v) is 9.57. The minimum absolute atomic E-state index is 0.0803. The van der Waals surface area contributed by atoms with Crippen LogP contribution in [0.3, 0.4) is 0 Å². The molecule has 1 unspecified atom stereocenters. The van der Waals surface area contributed by atoms with E-state index >= 15 is 0 Å². The molecule has 6 rings (SSSR count). The Kier molecular flexibility index (Phi) is 7.33. The molecule has 0 aliphatic carbocycles. The number of fused-ring (bicyclic) bond motifs is 1. The lowest BCUT2D eigenvalue weighted by atomic mass is 9.95. The summed E-state index contributed by atoms with van der Waals surface area (Å²) in [5.74, 6) is 0.476. The van der Waals surface area contributed by atoms with E-state index in [1.165, 1.54) is 11.4 Å². The quantitative estimate of drug-likeness (QED) is 0.607. The fraction of sp³-hybridized carbons (Fsp3) is 0.500. The van der Waals surface area contributed by atoms with E-state index in [1.807, 2.05) is 29.3 Å². The minimum atomic E-state index is 0.0803. The number of hydrazone groups is 1. The van der Waals surface area contributed by atoms with E-state index in [1.54, 1.807) is 11.8 Å². The summed E-state index contributed by atoms with van der Waals surface area (Å²) in [6.45, 7) is 11.8. The van der Waals surface area contributed by atoms with Gasteiger partial charge in [-0.05, 0) is 68.3 Å². The van der Waals surface area contributed by atoms with Crippen LogP contribution >= 0.6 is 23.4 Å². The molecule has 1 N–H and O–H groups in total. The van der Waals surface area contributed by atoms with Gasteiger partial charge in [0.15, 0.2) is 10.7 Å². The fourth-order valence-corrected chi connectivity index (χ4v) is 7.01. The number of amidine groups is 1. The minimum Gasteiger partial charge on any atom is -0.353 e. The highest BCUT2D eigenvalue weighted by molar-refractivity contribution is 8.14. The van der Waals surface area contributed by atoms with Crippen molar-refractivity contribution in [2.75, 3.05) is 45.8 Å². The number of piperidine rings is 1. The van der Waals surface area contributed by atoms with Crippen LogP contribution in [0.4, 0.5) is 0 Å². The number of aromatic nitrogens is 1. The maximum Gasteiger partial charge on any atom is 0.225 e. The number of carbonyl (C=O) groups excluding carboxylic acids is 1. The van der Waals surface area contributed by atoms with E-state index in [9.17, 15) is 4.79 Å². The number of nitrogens with one attached hydrogen (secondary N) is 1. The SMILES string of the molecule is Cc1ccc(C)n1CCN1CCN(C(=O)C2CCN(C3=NN4C=C(c5ccc(Cl)cc5)NC4S3)CC2)CC1. The van der Waals surface area contributed by atoms with Gasteiger partial charge in [0.25, 0.3) is 0 Å². The summed E-state index contributed by atoms with van der Waals surface area (Å²) in [5.41, 5.74) is 4.88. The molecule has 0 saturated carbocycles. The zero-order valence-corrected chi connectivity index (χ0v) is 23.7. The summed E-state index contributed by atoms with van der Waals surface area (Å²) >= 11 is 7.77. The predicted molar refractivity (Wildman–Crippen MR) is 154 cm³/mol. The molecule has 4 aliphatic heterocycles. The Morgan fingerprint density at radius 2 is 1.66 bits per heavy atom. The topological polar surface area (TPSA) is 59.4 Å². The van der Waals surface area contributed by atoms with E-state index in [4.69, 9.17) is 16.7 Å². The number of carbonyl (C=O) groups is 1. The van der Waals surface area contributed by atoms with Gasteiger partial charge in [-0.3, -0.25) is 9.69 Å². The zero-order valence-electron chi connectivity index (χ0n) is 22.1. The number of piperazine rings is 1. The Balaban J connectivity index is 0.957. The van der Waals surface area contributed by atoms with Crippen LogP contribution in [0, 0.1) is 19.8 Å². The summed E-state index contributed by atoms with van der Waals surface area (Å²) in [6, 6.07) is 12.2. The Hall–Kier alpha value is -2.62.